The van der Waals surface area contributed by atoms with Crippen LogP contribution in [-0.4, -0.2) is 28.8 Å². The van der Waals surface area contributed by atoms with Gasteiger partial charge in [-0.15, -0.1) is 0 Å². The van der Waals surface area contributed by atoms with Crippen molar-refractivity contribution >= 4 is 43.3 Å². The van der Waals surface area contributed by atoms with E-state index < -0.39 is 0 Å². The van der Waals surface area contributed by atoms with Crippen molar-refractivity contribution in [1.29, 1.82) is 0 Å². The number of benzene rings is 2. The van der Waals surface area contributed by atoms with Crippen molar-refractivity contribution in [3.8, 4) is 0 Å². The van der Waals surface area contributed by atoms with Gasteiger partial charge in [0.1, 0.15) is 0 Å². The summed E-state index contributed by atoms with van der Waals surface area (Å²) in [7, 11) is 0. The monoisotopic (exact) mass is 330 g/mol. The van der Waals surface area contributed by atoms with Gasteiger partial charge in [-0.2, -0.15) is 0 Å². The Kier molecular flexibility index (Phi) is 2.58. The van der Waals surface area contributed by atoms with E-state index in [0.717, 1.165) is 28.0 Å². The Hall–Kier alpha value is -2.17. The summed E-state index contributed by atoms with van der Waals surface area (Å²) in [6, 6.07) is 13.2. The van der Waals surface area contributed by atoms with E-state index in [1.807, 2.05) is 42.5 Å². The van der Waals surface area contributed by atoms with Crippen LogP contribution in [0.1, 0.15) is 11.6 Å². The first-order valence-electron chi connectivity index (χ1n) is 6.20. The van der Waals surface area contributed by atoms with Gasteiger partial charge < -0.3 is 0 Å². The number of carbonyl (C=O) groups is 1. The van der Waals surface area contributed by atoms with Crippen LogP contribution in [0.2, 0.25) is 0 Å². The molecule has 0 bridgehead atoms. The van der Waals surface area contributed by atoms with Gasteiger partial charge in [0.05, 0.1) is 0 Å². The number of hydrogen-bond donors (Lipinski definition) is 2. The normalized spacial score (nSPS) is 17.0. The molecule has 0 fully saturated rings. The Balaban J connectivity index is 1.76. The maximum absolute atomic E-state index is 12.1. The van der Waals surface area contributed by atoms with E-state index in [9.17, 15) is 4.79 Å². The van der Waals surface area contributed by atoms with Crippen molar-refractivity contribution < 1.29 is 4.79 Å². The topological polar surface area (TPSA) is 66.9 Å². The molecule has 20 heavy (non-hydrogen) atoms. The fraction of sp³-hybridized carbons (Fsp3) is 0.0714. The summed E-state index contributed by atoms with van der Waals surface area (Å²) in [5.41, 5.74) is 4.47. The zero-order valence-corrected chi connectivity index (χ0v) is 12.0. The van der Waals surface area contributed by atoms with E-state index in [1.54, 1.807) is 0 Å². The first-order valence-corrected chi connectivity index (χ1v) is 7.74. The van der Waals surface area contributed by atoms with Crippen molar-refractivity contribution in [3.63, 3.8) is 0 Å². The van der Waals surface area contributed by atoms with Gasteiger partial charge in [0.15, 0.2) is 0 Å². The Labute approximate surface area is 121 Å². The Morgan fingerprint density at radius 3 is 2.95 bits per heavy atom. The number of carbonyl (C=O) groups excluding carboxylic acids is 1. The number of nitrogens with one attached hydrogen (secondary N) is 2. The van der Waals surface area contributed by atoms with E-state index in [-0.39, 0.29) is 26.9 Å². The van der Waals surface area contributed by atoms with Crippen LogP contribution in [0.25, 0.3) is 11.0 Å². The summed E-state index contributed by atoms with van der Waals surface area (Å²) < 4.78 is 8.78. The van der Waals surface area contributed by atoms with Crippen LogP contribution in [0.5, 0.6) is 0 Å². The number of rotatable bonds is 2. The molecule has 2 heterocycles. The number of anilines is 2. The Bertz CT molecular complexity index is 814. The van der Waals surface area contributed by atoms with Gasteiger partial charge in [0.2, 0.25) is 0 Å². The fourth-order valence-corrected chi connectivity index (χ4v) is 3.58. The Morgan fingerprint density at radius 2 is 2.00 bits per heavy atom. The van der Waals surface area contributed by atoms with Gasteiger partial charge in [-0.05, 0) is 0 Å². The van der Waals surface area contributed by atoms with Gasteiger partial charge in [-0.3, -0.25) is 0 Å². The average Bonchev–Trinajstić information content (AvgIpc) is 3.05. The van der Waals surface area contributed by atoms with Gasteiger partial charge in [-0.25, -0.2) is 0 Å². The molecule has 1 unspecified atom stereocenters. The molecule has 4 rings (SSSR count). The maximum atomic E-state index is 12.1. The second-order valence-corrected chi connectivity index (χ2v) is 5.70. The molecule has 2 N–H and O–H groups in total. The van der Waals surface area contributed by atoms with Crippen LogP contribution in [0, 0.1) is 0 Å². The molecule has 1 aliphatic heterocycles. The number of amides is 1. The summed E-state index contributed by atoms with van der Waals surface area (Å²) >= 11 is -0.0735. The Morgan fingerprint density at radius 1 is 1.10 bits per heavy atom. The average molecular weight is 329 g/mol. The van der Waals surface area contributed by atoms with Gasteiger partial charge >= 0.3 is 121 Å². The molecule has 0 spiro atoms. The van der Waals surface area contributed by atoms with E-state index in [0.29, 0.717) is 0 Å². The molecule has 1 aromatic heterocycles. The van der Waals surface area contributed by atoms with Gasteiger partial charge in [0, 0.05) is 0 Å². The molecule has 2 aromatic carbocycles. The van der Waals surface area contributed by atoms with Gasteiger partial charge in [-0.1, -0.05) is 0 Å². The first-order chi connectivity index (χ1) is 9.83. The van der Waals surface area contributed by atoms with E-state index in [2.05, 4.69) is 18.6 Å². The summed E-state index contributed by atoms with van der Waals surface area (Å²) in [5.74, 6) is -0.0377. The van der Waals surface area contributed by atoms with Crippen molar-refractivity contribution in [2.24, 2.45) is 0 Å². The molecule has 0 saturated carbocycles. The summed E-state index contributed by atoms with van der Waals surface area (Å²) in [6.45, 7) is 0. The predicted octanol–water partition coefficient (Wildman–Crippen LogP) is 1.79. The molecule has 1 atom stereocenters. The SMILES string of the molecule is O=C1Nc2ccccc2C1Nc1cccc2n[se]nc12. The minimum atomic E-state index is -0.374. The zero-order chi connectivity index (χ0) is 13.5. The second kappa shape index (κ2) is 4.44. The molecule has 1 aliphatic rings. The third-order valence-corrected chi connectivity index (χ3v) is 4.52. The van der Waals surface area contributed by atoms with Crippen LogP contribution in [0.15, 0.2) is 42.5 Å². The summed E-state index contributed by atoms with van der Waals surface area (Å²) in [5, 5.41) is 6.18. The number of fused-ring (bicyclic) bond motifs is 2. The third kappa shape index (κ3) is 1.73. The summed E-state index contributed by atoms with van der Waals surface area (Å²) in [6.07, 6.45) is 0. The minimum absolute atomic E-state index is 0.0377. The molecule has 5 nitrogen and oxygen atoms in total. The van der Waals surface area contributed by atoms with Gasteiger partial charge in [0.25, 0.3) is 0 Å². The first kappa shape index (κ1) is 11.6. The second-order valence-electron chi connectivity index (χ2n) is 4.59. The molecular weight excluding hydrogens is 319 g/mol. The van der Waals surface area contributed by atoms with E-state index >= 15 is 0 Å². The number of aromatic nitrogens is 2. The molecule has 0 aliphatic carbocycles. The quantitative estimate of drug-likeness (QED) is 0.704. The number of hydrogen-bond acceptors (Lipinski definition) is 4. The van der Waals surface area contributed by atoms with E-state index in [4.69, 9.17) is 0 Å². The van der Waals surface area contributed by atoms with Crippen molar-refractivity contribution in [2.45, 2.75) is 6.04 Å². The molecule has 1 amide bonds. The molecule has 6 heteroatoms. The molecule has 3 aromatic rings. The summed E-state index contributed by atoms with van der Waals surface area (Å²) in [4.78, 5) is 12.1. The standard InChI is InChI=1S/C14H10N4OSe/c19-14-12(8-4-1-2-5-9(8)16-14)15-10-6-3-7-11-13(10)18-20-17-11/h1-7,12,15H,(H,16,19). The fourth-order valence-electron chi connectivity index (χ4n) is 2.43. The molecule has 98 valence electrons. The van der Waals surface area contributed by atoms with Crippen LogP contribution in [0.4, 0.5) is 11.4 Å². The van der Waals surface area contributed by atoms with Crippen LogP contribution < -0.4 is 10.6 Å². The van der Waals surface area contributed by atoms with Crippen molar-refractivity contribution in [2.75, 3.05) is 10.6 Å². The predicted molar refractivity (Wildman–Crippen MR) is 77.9 cm³/mol. The van der Waals surface area contributed by atoms with Crippen LogP contribution in [0.3, 0.4) is 0 Å². The third-order valence-electron chi connectivity index (χ3n) is 3.38. The van der Waals surface area contributed by atoms with Crippen LogP contribution >= 0.6 is 0 Å². The number of nitrogens with zero attached hydrogens (tertiary/aromatic N) is 2. The zero-order valence-electron chi connectivity index (χ0n) is 10.3. The number of para-hydroxylation sites is 1. The molecule has 0 saturated heterocycles. The van der Waals surface area contributed by atoms with E-state index in [1.165, 1.54) is 0 Å². The molecular formula is C14H10N4OSe. The van der Waals surface area contributed by atoms with Crippen molar-refractivity contribution in [1.82, 2.24) is 7.96 Å². The van der Waals surface area contributed by atoms with Crippen LogP contribution in [-0.2, 0) is 4.79 Å². The molecule has 0 radical (unpaired) electrons. The van der Waals surface area contributed by atoms with Crippen molar-refractivity contribution in [3.05, 3.63) is 48.0 Å².